The van der Waals surface area contributed by atoms with Gasteiger partial charge in [0.15, 0.2) is 0 Å². The first-order chi connectivity index (χ1) is 8.08. The van der Waals surface area contributed by atoms with Gasteiger partial charge in [-0.2, -0.15) is 0 Å². The van der Waals surface area contributed by atoms with E-state index in [0.29, 0.717) is 19.1 Å². The third-order valence-corrected chi connectivity index (χ3v) is 3.18. The van der Waals surface area contributed by atoms with Crippen LogP contribution in [-0.2, 0) is 10.2 Å². The van der Waals surface area contributed by atoms with Gasteiger partial charge in [-0.15, -0.1) is 0 Å². The molecule has 1 aromatic rings. The Morgan fingerprint density at radius 3 is 2.88 bits per heavy atom. The molecule has 1 heterocycles. The van der Waals surface area contributed by atoms with Crippen molar-refractivity contribution in [3.8, 4) is 0 Å². The summed E-state index contributed by atoms with van der Waals surface area (Å²) in [6.45, 7) is 5.32. The first-order valence-electron chi connectivity index (χ1n) is 6.22. The lowest BCUT2D eigenvalue weighted by molar-refractivity contribution is -0.120. The molecule has 0 saturated heterocycles. The number of hydrogen-bond acceptors (Lipinski definition) is 2. The zero-order chi connectivity index (χ0) is 12.3. The van der Waals surface area contributed by atoms with Gasteiger partial charge in [-0.3, -0.25) is 4.79 Å². The van der Waals surface area contributed by atoms with E-state index in [9.17, 15) is 4.79 Å². The van der Waals surface area contributed by atoms with Crippen LogP contribution >= 0.6 is 0 Å². The Morgan fingerprint density at radius 2 is 2.29 bits per heavy atom. The van der Waals surface area contributed by atoms with Gasteiger partial charge in [-0.25, -0.2) is 0 Å². The first kappa shape index (κ1) is 12.2. The Labute approximate surface area is 102 Å². The zero-order valence-electron chi connectivity index (χ0n) is 10.5. The minimum absolute atomic E-state index is 0.0568. The fourth-order valence-electron chi connectivity index (χ4n) is 1.75. The standard InChI is InChI=1S/C13H21N3O/c1-13(2,11-4-3-7-14-11)9-16-12(17)8-15-10-5-6-10/h3-4,7,10,14-15H,5-6,8-9H2,1-2H3,(H,16,17). The summed E-state index contributed by atoms with van der Waals surface area (Å²) >= 11 is 0. The second-order valence-electron chi connectivity index (χ2n) is 5.40. The quantitative estimate of drug-likeness (QED) is 0.693. The third kappa shape index (κ3) is 3.60. The molecule has 94 valence electrons. The summed E-state index contributed by atoms with van der Waals surface area (Å²) < 4.78 is 0. The maximum Gasteiger partial charge on any atom is 0.233 e. The smallest absolute Gasteiger partial charge is 0.233 e. The van der Waals surface area contributed by atoms with Crippen LogP contribution in [0.5, 0.6) is 0 Å². The molecule has 2 rings (SSSR count). The normalized spacial score (nSPS) is 15.9. The Morgan fingerprint density at radius 1 is 1.53 bits per heavy atom. The number of H-pyrrole nitrogens is 1. The number of nitrogens with one attached hydrogen (secondary N) is 3. The second-order valence-corrected chi connectivity index (χ2v) is 5.40. The molecule has 1 saturated carbocycles. The van der Waals surface area contributed by atoms with Crippen LogP contribution in [0.3, 0.4) is 0 Å². The monoisotopic (exact) mass is 235 g/mol. The maximum atomic E-state index is 11.6. The van der Waals surface area contributed by atoms with Crippen LogP contribution in [0.25, 0.3) is 0 Å². The van der Waals surface area contributed by atoms with Gasteiger partial charge in [0.2, 0.25) is 5.91 Å². The molecule has 17 heavy (non-hydrogen) atoms. The largest absolute Gasteiger partial charge is 0.364 e. The number of aromatic nitrogens is 1. The number of carbonyl (C=O) groups excluding carboxylic acids is 1. The van der Waals surface area contributed by atoms with E-state index in [1.54, 1.807) is 0 Å². The molecule has 4 nitrogen and oxygen atoms in total. The summed E-state index contributed by atoms with van der Waals surface area (Å²) in [5.41, 5.74) is 1.09. The Hall–Kier alpha value is -1.29. The SMILES string of the molecule is CC(C)(CNC(=O)CNC1CC1)c1ccc[nH]1. The van der Waals surface area contributed by atoms with Gasteiger partial charge in [-0.1, -0.05) is 13.8 Å². The molecule has 1 fully saturated rings. The molecule has 1 aromatic heterocycles. The highest BCUT2D eigenvalue weighted by molar-refractivity contribution is 5.78. The van der Waals surface area contributed by atoms with E-state index in [2.05, 4.69) is 35.5 Å². The average molecular weight is 235 g/mol. The molecule has 0 atom stereocenters. The fraction of sp³-hybridized carbons (Fsp3) is 0.615. The lowest BCUT2D eigenvalue weighted by Crippen LogP contribution is -2.41. The van der Waals surface area contributed by atoms with Crippen LogP contribution in [0.15, 0.2) is 18.3 Å². The molecule has 4 heteroatoms. The summed E-state index contributed by atoms with van der Waals surface area (Å²) in [7, 11) is 0. The minimum Gasteiger partial charge on any atom is -0.364 e. The van der Waals surface area contributed by atoms with E-state index < -0.39 is 0 Å². The summed E-state index contributed by atoms with van der Waals surface area (Å²) in [6.07, 6.45) is 4.33. The Bertz CT molecular complexity index is 366. The second kappa shape index (κ2) is 4.92. The van der Waals surface area contributed by atoms with E-state index in [1.165, 1.54) is 12.8 Å². The molecule has 0 spiro atoms. The molecule has 3 N–H and O–H groups in total. The van der Waals surface area contributed by atoms with Crippen molar-refractivity contribution in [3.63, 3.8) is 0 Å². The average Bonchev–Trinajstić information content (AvgIpc) is 2.94. The van der Waals surface area contributed by atoms with Crippen LogP contribution in [0.4, 0.5) is 0 Å². The predicted molar refractivity (Wildman–Crippen MR) is 67.9 cm³/mol. The van der Waals surface area contributed by atoms with Gasteiger partial charge in [0, 0.05) is 29.9 Å². The molecular formula is C13H21N3O. The van der Waals surface area contributed by atoms with Crippen molar-refractivity contribution in [1.82, 2.24) is 15.6 Å². The fourth-order valence-corrected chi connectivity index (χ4v) is 1.75. The van der Waals surface area contributed by atoms with Gasteiger partial charge in [-0.05, 0) is 25.0 Å². The number of amides is 1. The topological polar surface area (TPSA) is 56.9 Å². The molecule has 1 aliphatic carbocycles. The molecular weight excluding hydrogens is 214 g/mol. The zero-order valence-corrected chi connectivity index (χ0v) is 10.5. The van der Waals surface area contributed by atoms with E-state index in [4.69, 9.17) is 0 Å². The van der Waals surface area contributed by atoms with Gasteiger partial charge in [0.1, 0.15) is 0 Å². The van der Waals surface area contributed by atoms with Gasteiger partial charge in [0.25, 0.3) is 0 Å². The maximum absolute atomic E-state index is 11.6. The van der Waals surface area contributed by atoms with Crippen LogP contribution in [0, 0.1) is 0 Å². The number of rotatable bonds is 6. The number of hydrogen-bond donors (Lipinski definition) is 3. The Balaban J connectivity index is 1.74. The summed E-state index contributed by atoms with van der Waals surface area (Å²) in [4.78, 5) is 14.8. The van der Waals surface area contributed by atoms with E-state index in [-0.39, 0.29) is 11.3 Å². The van der Waals surface area contributed by atoms with Crippen molar-refractivity contribution in [2.45, 2.75) is 38.1 Å². The minimum atomic E-state index is -0.0568. The third-order valence-electron chi connectivity index (χ3n) is 3.18. The van der Waals surface area contributed by atoms with Gasteiger partial charge < -0.3 is 15.6 Å². The lowest BCUT2D eigenvalue weighted by Gasteiger charge is -2.24. The molecule has 1 amide bonds. The molecule has 0 aliphatic heterocycles. The van der Waals surface area contributed by atoms with Crippen molar-refractivity contribution in [3.05, 3.63) is 24.0 Å². The van der Waals surface area contributed by atoms with E-state index in [0.717, 1.165) is 5.69 Å². The van der Waals surface area contributed by atoms with Crippen molar-refractivity contribution in [2.75, 3.05) is 13.1 Å². The molecule has 0 unspecified atom stereocenters. The number of carbonyl (C=O) groups is 1. The van der Waals surface area contributed by atoms with Crippen LogP contribution < -0.4 is 10.6 Å². The highest BCUT2D eigenvalue weighted by atomic mass is 16.1. The van der Waals surface area contributed by atoms with Gasteiger partial charge >= 0.3 is 0 Å². The van der Waals surface area contributed by atoms with Crippen molar-refractivity contribution in [1.29, 1.82) is 0 Å². The Kier molecular flexibility index (Phi) is 3.52. The highest BCUT2D eigenvalue weighted by Gasteiger charge is 2.24. The van der Waals surface area contributed by atoms with Crippen LogP contribution in [-0.4, -0.2) is 30.0 Å². The highest BCUT2D eigenvalue weighted by Crippen LogP contribution is 2.20. The van der Waals surface area contributed by atoms with Crippen molar-refractivity contribution < 1.29 is 4.79 Å². The van der Waals surface area contributed by atoms with Gasteiger partial charge in [0.05, 0.1) is 6.54 Å². The summed E-state index contributed by atoms with van der Waals surface area (Å²) in [6, 6.07) is 4.61. The first-order valence-corrected chi connectivity index (χ1v) is 6.22. The summed E-state index contributed by atoms with van der Waals surface area (Å²) in [5, 5.41) is 6.18. The van der Waals surface area contributed by atoms with Crippen molar-refractivity contribution in [2.24, 2.45) is 0 Å². The predicted octanol–water partition coefficient (Wildman–Crippen LogP) is 1.16. The number of aromatic amines is 1. The molecule has 0 bridgehead atoms. The lowest BCUT2D eigenvalue weighted by atomic mass is 9.89. The van der Waals surface area contributed by atoms with Crippen LogP contribution in [0.1, 0.15) is 32.4 Å². The summed E-state index contributed by atoms with van der Waals surface area (Å²) in [5.74, 6) is 0.0801. The molecule has 0 radical (unpaired) electrons. The van der Waals surface area contributed by atoms with E-state index >= 15 is 0 Å². The van der Waals surface area contributed by atoms with E-state index in [1.807, 2.05) is 12.3 Å². The van der Waals surface area contributed by atoms with Crippen LogP contribution in [0.2, 0.25) is 0 Å². The molecule has 1 aliphatic rings. The van der Waals surface area contributed by atoms with Crippen molar-refractivity contribution >= 4 is 5.91 Å². The molecule has 0 aromatic carbocycles.